The Balaban J connectivity index is 3.01. The molecule has 0 radical (unpaired) electrons. The van der Waals surface area contributed by atoms with Crippen molar-refractivity contribution in [3.63, 3.8) is 0 Å². The fourth-order valence-corrected chi connectivity index (χ4v) is 1.57. The highest BCUT2D eigenvalue weighted by atomic mass is 35.5. The van der Waals surface area contributed by atoms with Crippen LogP contribution >= 0.6 is 22.9 Å². The summed E-state index contributed by atoms with van der Waals surface area (Å²) in [5, 5.41) is -2.21. The average molecular weight is 211 g/mol. The SMILES string of the molecule is Cc1sccc1C(=O)C(F)(F)Cl. The van der Waals surface area contributed by atoms with Crippen molar-refractivity contribution in [1.29, 1.82) is 0 Å². The molecule has 5 heteroatoms. The number of aryl methyl sites for hydroxylation is 1. The summed E-state index contributed by atoms with van der Waals surface area (Å²) in [4.78, 5) is 11.4. The summed E-state index contributed by atoms with van der Waals surface area (Å²) >= 11 is 5.80. The summed E-state index contributed by atoms with van der Waals surface area (Å²) in [6.07, 6.45) is 0. The van der Waals surface area contributed by atoms with Crippen LogP contribution in [-0.4, -0.2) is 11.2 Å². The number of hydrogen-bond acceptors (Lipinski definition) is 2. The molecule has 1 aromatic rings. The van der Waals surface area contributed by atoms with Crippen LogP contribution in [0.4, 0.5) is 8.78 Å². The van der Waals surface area contributed by atoms with E-state index < -0.39 is 11.2 Å². The standard InChI is InChI=1S/C7H5ClF2OS/c1-4-5(2-3-12-4)6(11)7(8,9)10/h2-3H,1H3. The molecule has 0 aliphatic carbocycles. The number of alkyl halides is 3. The van der Waals surface area contributed by atoms with E-state index in [1.165, 1.54) is 17.4 Å². The predicted molar refractivity (Wildman–Crippen MR) is 44.2 cm³/mol. The van der Waals surface area contributed by atoms with Gasteiger partial charge in [0.15, 0.2) is 0 Å². The molecule has 1 aromatic heterocycles. The summed E-state index contributed by atoms with van der Waals surface area (Å²) in [5.74, 6) is -1.33. The van der Waals surface area contributed by atoms with E-state index in [-0.39, 0.29) is 5.56 Å². The van der Waals surface area contributed by atoms with E-state index in [0.29, 0.717) is 4.88 Å². The molecule has 0 spiro atoms. The highest BCUT2D eigenvalue weighted by molar-refractivity contribution is 7.10. The molecule has 66 valence electrons. The number of Topliss-reactive ketones (excluding diaryl/α,β-unsaturated/α-hetero) is 1. The van der Waals surface area contributed by atoms with Crippen LogP contribution in [0, 0.1) is 6.92 Å². The highest BCUT2D eigenvalue weighted by Crippen LogP contribution is 2.27. The Morgan fingerprint density at radius 1 is 1.67 bits per heavy atom. The van der Waals surface area contributed by atoms with E-state index in [2.05, 4.69) is 11.6 Å². The lowest BCUT2D eigenvalue weighted by atomic mass is 10.2. The molecular formula is C7H5ClF2OS. The zero-order valence-corrected chi connectivity index (χ0v) is 7.68. The quantitative estimate of drug-likeness (QED) is 0.542. The molecule has 0 atom stereocenters. The molecule has 0 aliphatic rings. The summed E-state index contributed by atoms with van der Waals surface area (Å²) in [7, 11) is 0. The molecule has 12 heavy (non-hydrogen) atoms. The molecule has 0 unspecified atom stereocenters. The van der Waals surface area contributed by atoms with Crippen LogP contribution in [-0.2, 0) is 0 Å². The minimum atomic E-state index is -3.79. The van der Waals surface area contributed by atoms with Gasteiger partial charge < -0.3 is 0 Å². The number of halogens is 3. The Bertz CT molecular complexity index is 303. The molecule has 1 nitrogen and oxygen atoms in total. The highest BCUT2D eigenvalue weighted by Gasteiger charge is 2.37. The van der Waals surface area contributed by atoms with Gasteiger partial charge in [-0.1, -0.05) is 0 Å². The maximum absolute atomic E-state index is 12.3. The Morgan fingerprint density at radius 2 is 2.25 bits per heavy atom. The molecule has 1 rings (SSSR count). The van der Waals surface area contributed by atoms with Gasteiger partial charge in [-0.3, -0.25) is 4.79 Å². The van der Waals surface area contributed by atoms with Crippen molar-refractivity contribution in [3.8, 4) is 0 Å². The lowest BCUT2D eigenvalue weighted by Gasteiger charge is -2.04. The smallest absolute Gasteiger partial charge is 0.286 e. The molecule has 0 N–H and O–H groups in total. The summed E-state index contributed by atoms with van der Waals surface area (Å²) in [6.45, 7) is 1.60. The Hall–Kier alpha value is -0.480. The number of carbonyl (C=O) groups is 1. The first-order valence-corrected chi connectivity index (χ1v) is 4.34. The van der Waals surface area contributed by atoms with Gasteiger partial charge in [0.25, 0.3) is 0 Å². The molecule has 0 amide bonds. The molecule has 0 saturated carbocycles. The van der Waals surface area contributed by atoms with Gasteiger partial charge in [-0.25, -0.2) is 0 Å². The minimum absolute atomic E-state index is 0.000000000000000444. The number of carbonyl (C=O) groups excluding carboxylic acids is 1. The van der Waals surface area contributed by atoms with Gasteiger partial charge in [0.1, 0.15) is 0 Å². The lowest BCUT2D eigenvalue weighted by Crippen LogP contribution is -2.21. The van der Waals surface area contributed by atoms with Crippen LogP contribution in [0.15, 0.2) is 11.4 Å². The van der Waals surface area contributed by atoms with Crippen LogP contribution in [0.3, 0.4) is 0 Å². The fourth-order valence-electron chi connectivity index (χ4n) is 0.773. The molecule has 0 saturated heterocycles. The molecule has 0 aromatic carbocycles. The zero-order valence-electron chi connectivity index (χ0n) is 6.11. The first kappa shape index (κ1) is 9.61. The summed E-state index contributed by atoms with van der Waals surface area (Å²) < 4.78 is 24.6. The summed E-state index contributed by atoms with van der Waals surface area (Å²) in [5.41, 5.74) is 0.000000000000000444. The van der Waals surface area contributed by atoms with Gasteiger partial charge in [-0.2, -0.15) is 8.78 Å². The van der Waals surface area contributed by atoms with Crippen molar-refractivity contribution < 1.29 is 13.6 Å². The zero-order chi connectivity index (χ0) is 9.35. The van der Waals surface area contributed by atoms with Gasteiger partial charge in [0, 0.05) is 10.4 Å². The third kappa shape index (κ3) is 1.81. The monoisotopic (exact) mass is 210 g/mol. The lowest BCUT2D eigenvalue weighted by molar-refractivity contribution is 0.0536. The van der Waals surface area contributed by atoms with Crippen molar-refractivity contribution in [2.45, 2.75) is 12.3 Å². The molecule has 0 fully saturated rings. The first-order chi connectivity index (χ1) is 5.43. The van der Waals surface area contributed by atoms with Crippen LogP contribution in [0.1, 0.15) is 15.2 Å². The first-order valence-electron chi connectivity index (χ1n) is 3.08. The third-order valence-corrected chi connectivity index (χ3v) is 2.38. The number of thiophene rings is 1. The second-order valence-electron chi connectivity index (χ2n) is 2.22. The van der Waals surface area contributed by atoms with Crippen molar-refractivity contribution in [2.75, 3.05) is 0 Å². The van der Waals surface area contributed by atoms with E-state index in [0.717, 1.165) is 0 Å². The van der Waals surface area contributed by atoms with E-state index in [1.54, 1.807) is 12.3 Å². The van der Waals surface area contributed by atoms with E-state index in [1.807, 2.05) is 0 Å². The van der Waals surface area contributed by atoms with E-state index in [4.69, 9.17) is 0 Å². The molecular weight excluding hydrogens is 206 g/mol. The largest absolute Gasteiger partial charge is 0.384 e. The predicted octanol–water partition coefficient (Wildman–Crippen LogP) is 3.07. The van der Waals surface area contributed by atoms with Gasteiger partial charge >= 0.3 is 5.38 Å². The van der Waals surface area contributed by atoms with Gasteiger partial charge in [0.2, 0.25) is 5.78 Å². The maximum Gasteiger partial charge on any atom is 0.384 e. The van der Waals surface area contributed by atoms with Crippen molar-refractivity contribution in [2.24, 2.45) is 0 Å². The minimum Gasteiger partial charge on any atom is -0.286 e. The van der Waals surface area contributed by atoms with Gasteiger partial charge in [-0.15, -0.1) is 11.3 Å². The summed E-state index contributed by atoms with van der Waals surface area (Å²) in [6, 6.07) is 1.35. The van der Waals surface area contributed by atoms with Crippen LogP contribution in [0.5, 0.6) is 0 Å². The Labute approximate surface area is 77.0 Å². The maximum atomic E-state index is 12.3. The average Bonchev–Trinajstić information content (AvgIpc) is 2.31. The van der Waals surface area contributed by atoms with Crippen LogP contribution < -0.4 is 0 Å². The van der Waals surface area contributed by atoms with Crippen LogP contribution in [0.2, 0.25) is 0 Å². The van der Waals surface area contributed by atoms with E-state index in [9.17, 15) is 13.6 Å². The second-order valence-corrected chi connectivity index (χ2v) is 3.81. The third-order valence-electron chi connectivity index (χ3n) is 1.36. The van der Waals surface area contributed by atoms with Crippen LogP contribution in [0.25, 0.3) is 0 Å². The van der Waals surface area contributed by atoms with Crippen molar-refractivity contribution in [1.82, 2.24) is 0 Å². The second kappa shape index (κ2) is 3.11. The van der Waals surface area contributed by atoms with E-state index >= 15 is 0 Å². The van der Waals surface area contributed by atoms with Gasteiger partial charge in [-0.05, 0) is 30.0 Å². The number of rotatable bonds is 2. The van der Waals surface area contributed by atoms with Crippen molar-refractivity contribution in [3.05, 3.63) is 21.9 Å². The Morgan fingerprint density at radius 3 is 2.58 bits per heavy atom. The van der Waals surface area contributed by atoms with Crippen molar-refractivity contribution >= 4 is 28.7 Å². The fraction of sp³-hybridized carbons (Fsp3) is 0.286. The normalized spacial score (nSPS) is 11.7. The molecule has 0 aliphatic heterocycles. The number of ketones is 1. The van der Waals surface area contributed by atoms with Gasteiger partial charge in [0.05, 0.1) is 0 Å². The molecule has 1 heterocycles. The Kier molecular flexibility index (Phi) is 2.49. The molecule has 0 bridgehead atoms. The number of hydrogen-bond donors (Lipinski definition) is 0. The topological polar surface area (TPSA) is 17.1 Å².